The maximum absolute atomic E-state index is 12.0. The molecule has 3 nitrogen and oxygen atoms in total. The molecule has 1 saturated carbocycles. The summed E-state index contributed by atoms with van der Waals surface area (Å²) in [5.41, 5.74) is 3.60. The molecule has 1 aliphatic carbocycles. The van der Waals surface area contributed by atoms with Crippen LogP contribution < -0.4 is 16.0 Å². The number of hydrogen-bond acceptors (Lipinski definition) is 3. The van der Waals surface area contributed by atoms with Crippen molar-refractivity contribution in [2.75, 3.05) is 0 Å². The van der Waals surface area contributed by atoms with Gasteiger partial charge >= 0.3 is 6.36 Å². The topological polar surface area (TPSA) is 47.3 Å². The van der Waals surface area contributed by atoms with Gasteiger partial charge in [-0.05, 0) is 30.0 Å². The van der Waals surface area contributed by atoms with Gasteiger partial charge in [-0.25, -0.2) is 0 Å². The van der Waals surface area contributed by atoms with Crippen LogP contribution in [0.25, 0.3) is 0 Å². The highest BCUT2D eigenvalue weighted by molar-refractivity contribution is 5.29. The number of nitrogens with one attached hydrogen (secondary N) is 1. The number of rotatable bonds is 5. The maximum atomic E-state index is 12.0. The van der Waals surface area contributed by atoms with E-state index >= 15 is 0 Å². The zero-order valence-corrected chi connectivity index (χ0v) is 10.4. The Kier molecular flexibility index (Phi) is 4.31. The minimum atomic E-state index is -4.65. The number of halogens is 3. The fourth-order valence-corrected chi connectivity index (χ4v) is 2.26. The second kappa shape index (κ2) is 5.79. The third-order valence-electron chi connectivity index (χ3n) is 3.51. The third-order valence-corrected chi connectivity index (χ3v) is 3.51. The molecule has 3 N–H and O–H groups in total. The number of benzene rings is 1. The normalized spacial score (nSPS) is 17.9. The van der Waals surface area contributed by atoms with E-state index in [1.807, 2.05) is 0 Å². The Morgan fingerprint density at radius 3 is 2.32 bits per heavy atom. The van der Waals surface area contributed by atoms with Crippen LogP contribution in [0, 0.1) is 5.92 Å². The predicted molar refractivity (Wildman–Crippen MR) is 65.1 cm³/mol. The molecule has 0 saturated heterocycles. The van der Waals surface area contributed by atoms with Crippen molar-refractivity contribution in [2.24, 2.45) is 11.8 Å². The molecular formula is C13H17F3N2O. The fourth-order valence-electron chi connectivity index (χ4n) is 2.26. The van der Waals surface area contributed by atoms with Gasteiger partial charge in [0.25, 0.3) is 0 Å². The van der Waals surface area contributed by atoms with Gasteiger partial charge in [0.1, 0.15) is 5.75 Å². The minimum Gasteiger partial charge on any atom is -0.406 e. The van der Waals surface area contributed by atoms with Gasteiger partial charge in [-0.2, -0.15) is 0 Å². The van der Waals surface area contributed by atoms with E-state index in [0.29, 0.717) is 5.92 Å². The zero-order chi connectivity index (χ0) is 13.9. The summed E-state index contributed by atoms with van der Waals surface area (Å²) in [7, 11) is 0. The molecule has 6 heteroatoms. The van der Waals surface area contributed by atoms with Crippen LogP contribution in [-0.2, 0) is 0 Å². The van der Waals surface area contributed by atoms with E-state index in [1.165, 1.54) is 31.4 Å². The summed E-state index contributed by atoms with van der Waals surface area (Å²) in [5.74, 6) is 5.96. The monoisotopic (exact) mass is 274 g/mol. The van der Waals surface area contributed by atoms with Gasteiger partial charge in [-0.15, -0.1) is 13.2 Å². The summed E-state index contributed by atoms with van der Waals surface area (Å²) in [4.78, 5) is 0. The molecule has 0 spiro atoms. The number of alkyl halides is 3. The molecule has 106 valence electrons. The van der Waals surface area contributed by atoms with E-state index < -0.39 is 6.36 Å². The molecule has 0 amide bonds. The first kappa shape index (κ1) is 14.1. The lowest BCUT2D eigenvalue weighted by Crippen LogP contribution is -2.31. The van der Waals surface area contributed by atoms with Crippen LogP contribution in [0.5, 0.6) is 5.75 Å². The number of ether oxygens (including phenoxy) is 1. The Hall–Kier alpha value is -1.27. The quantitative estimate of drug-likeness (QED) is 0.640. The summed E-state index contributed by atoms with van der Waals surface area (Å²) in [6, 6.07) is 5.83. The van der Waals surface area contributed by atoms with E-state index in [-0.39, 0.29) is 11.8 Å². The average Bonchev–Trinajstić information content (AvgIpc) is 2.27. The van der Waals surface area contributed by atoms with Crippen molar-refractivity contribution in [3.05, 3.63) is 29.8 Å². The van der Waals surface area contributed by atoms with E-state index in [1.54, 1.807) is 12.1 Å². The van der Waals surface area contributed by atoms with Crippen LogP contribution in [-0.4, -0.2) is 6.36 Å². The summed E-state index contributed by atoms with van der Waals surface area (Å²) < 4.78 is 39.9. The van der Waals surface area contributed by atoms with Gasteiger partial charge in [0, 0.05) is 6.04 Å². The highest BCUT2D eigenvalue weighted by Gasteiger charge is 2.31. The molecule has 0 heterocycles. The van der Waals surface area contributed by atoms with E-state index in [2.05, 4.69) is 10.2 Å². The molecule has 1 aromatic carbocycles. The minimum absolute atomic E-state index is 0.0229. The van der Waals surface area contributed by atoms with E-state index in [0.717, 1.165) is 12.0 Å². The molecule has 1 aromatic rings. The molecule has 0 bridgehead atoms. The van der Waals surface area contributed by atoms with Crippen LogP contribution in [0.15, 0.2) is 24.3 Å². The molecule has 1 unspecified atom stereocenters. The number of hydrogen-bond donors (Lipinski definition) is 2. The Morgan fingerprint density at radius 1 is 1.26 bits per heavy atom. The first-order valence-electron chi connectivity index (χ1n) is 6.30. The second-order valence-electron chi connectivity index (χ2n) is 4.87. The lowest BCUT2D eigenvalue weighted by Gasteiger charge is -2.29. The highest BCUT2D eigenvalue weighted by atomic mass is 19.4. The molecule has 0 aliphatic heterocycles. The first-order chi connectivity index (χ1) is 8.98. The van der Waals surface area contributed by atoms with Crippen LogP contribution in [0.3, 0.4) is 0 Å². The molecule has 0 aromatic heterocycles. The van der Waals surface area contributed by atoms with E-state index in [9.17, 15) is 13.2 Å². The first-order valence-corrected chi connectivity index (χ1v) is 6.30. The predicted octanol–water partition coefficient (Wildman–Crippen LogP) is 3.28. The maximum Gasteiger partial charge on any atom is 0.573 e. The van der Waals surface area contributed by atoms with Crippen molar-refractivity contribution in [2.45, 2.75) is 38.1 Å². The highest BCUT2D eigenvalue weighted by Crippen LogP contribution is 2.35. The van der Waals surface area contributed by atoms with Gasteiger partial charge in [-0.3, -0.25) is 11.3 Å². The third kappa shape index (κ3) is 4.11. The Labute approximate surface area is 109 Å². The molecule has 19 heavy (non-hydrogen) atoms. The van der Waals surface area contributed by atoms with Gasteiger partial charge in [0.2, 0.25) is 0 Å². The Bertz CT molecular complexity index is 401. The van der Waals surface area contributed by atoms with Crippen LogP contribution >= 0.6 is 0 Å². The van der Waals surface area contributed by atoms with Crippen molar-refractivity contribution < 1.29 is 17.9 Å². The lowest BCUT2D eigenvalue weighted by atomic mass is 9.80. The smallest absolute Gasteiger partial charge is 0.406 e. The summed E-state index contributed by atoms with van der Waals surface area (Å²) >= 11 is 0. The molecule has 1 aliphatic rings. The van der Waals surface area contributed by atoms with Crippen molar-refractivity contribution in [1.29, 1.82) is 0 Å². The molecule has 1 fully saturated rings. The number of nitrogens with two attached hydrogens (primary N) is 1. The van der Waals surface area contributed by atoms with Gasteiger partial charge in [0.05, 0.1) is 0 Å². The van der Waals surface area contributed by atoms with Crippen molar-refractivity contribution in [3.63, 3.8) is 0 Å². The average molecular weight is 274 g/mol. The van der Waals surface area contributed by atoms with Gasteiger partial charge in [0.15, 0.2) is 0 Å². The molecule has 2 rings (SSSR count). The Balaban J connectivity index is 1.99. The van der Waals surface area contributed by atoms with Gasteiger partial charge < -0.3 is 4.74 Å². The summed E-state index contributed by atoms with van der Waals surface area (Å²) in [6.45, 7) is 0. The summed E-state index contributed by atoms with van der Waals surface area (Å²) in [5, 5.41) is 0. The van der Waals surface area contributed by atoms with Crippen LogP contribution in [0.4, 0.5) is 13.2 Å². The number of hydrazine groups is 1. The molecule has 1 atom stereocenters. The standard InChI is InChI=1S/C13H17F3N2O/c14-13(15,16)19-11-6-4-10(5-7-11)12(18-17)8-9-2-1-3-9/h4-7,9,12,18H,1-3,8,17H2. The molecule has 0 radical (unpaired) electrons. The van der Waals surface area contributed by atoms with Crippen molar-refractivity contribution in [3.8, 4) is 5.75 Å². The lowest BCUT2D eigenvalue weighted by molar-refractivity contribution is -0.274. The van der Waals surface area contributed by atoms with Crippen molar-refractivity contribution >= 4 is 0 Å². The fraction of sp³-hybridized carbons (Fsp3) is 0.538. The SMILES string of the molecule is NNC(CC1CCC1)c1ccc(OC(F)(F)F)cc1. The summed E-state index contributed by atoms with van der Waals surface area (Å²) in [6.07, 6.45) is -0.0871. The zero-order valence-electron chi connectivity index (χ0n) is 10.4. The van der Waals surface area contributed by atoms with Crippen molar-refractivity contribution in [1.82, 2.24) is 5.43 Å². The van der Waals surface area contributed by atoms with Crippen LogP contribution in [0.2, 0.25) is 0 Å². The largest absolute Gasteiger partial charge is 0.573 e. The Morgan fingerprint density at radius 2 is 1.89 bits per heavy atom. The van der Waals surface area contributed by atoms with Crippen LogP contribution in [0.1, 0.15) is 37.3 Å². The van der Waals surface area contributed by atoms with E-state index in [4.69, 9.17) is 5.84 Å². The van der Waals surface area contributed by atoms with Gasteiger partial charge in [-0.1, -0.05) is 31.4 Å². The molecular weight excluding hydrogens is 257 g/mol. The second-order valence-corrected chi connectivity index (χ2v) is 4.87.